The van der Waals surface area contributed by atoms with Crippen LogP contribution in [0.1, 0.15) is 88.0 Å². The molecule has 1 aromatic heterocycles. The number of carbonyl (C=O) groups is 2. The van der Waals surface area contributed by atoms with E-state index < -0.39 is 11.2 Å². The molecule has 3 atom stereocenters. The van der Waals surface area contributed by atoms with Crippen molar-refractivity contribution in [3.8, 4) is 0 Å². The second-order valence-electron chi connectivity index (χ2n) is 9.81. The van der Waals surface area contributed by atoms with Crippen molar-refractivity contribution < 1.29 is 19.1 Å². The summed E-state index contributed by atoms with van der Waals surface area (Å²) in [6, 6.07) is 0. The molecule has 5 nitrogen and oxygen atoms in total. The predicted molar refractivity (Wildman–Crippen MR) is 110 cm³/mol. The van der Waals surface area contributed by atoms with E-state index in [1.807, 2.05) is 27.7 Å². The van der Waals surface area contributed by atoms with Crippen molar-refractivity contribution in [3.63, 3.8) is 0 Å². The molecule has 0 spiro atoms. The fourth-order valence-corrected chi connectivity index (χ4v) is 7.15. The molecule has 2 bridgehead atoms. The minimum atomic E-state index is -0.614. The third-order valence-corrected chi connectivity index (χ3v) is 8.36. The van der Waals surface area contributed by atoms with Crippen molar-refractivity contribution in [2.24, 2.45) is 17.3 Å². The third kappa shape index (κ3) is 2.83. The summed E-state index contributed by atoms with van der Waals surface area (Å²) >= 11 is 1.46. The number of fused-ring (bicyclic) bond motifs is 3. The first-order valence-electron chi connectivity index (χ1n) is 10.4. The Morgan fingerprint density at radius 3 is 2.46 bits per heavy atom. The maximum Gasteiger partial charge on any atom is 0.341 e. The summed E-state index contributed by atoms with van der Waals surface area (Å²) in [6.45, 7) is 12.1. The number of hydrogen-bond donors (Lipinski definition) is 1. The first kappa shape index (κ1) is 19.9. The molecule has 28 heavy (non-hydrogen) atoms. The molecule has 2 fully saturated rings. The van der Waals surface area contributed by atoms with Gasteiger partial charge in [-0.15, -0.1) is 11.3 Å². The van der Waals surface area contributed by atoms with Gasteiger partial charge in [0.15, 0.2) is 0 Å². The summed E-state index contributed by atoms with van der Waals surface area (Å²) in [7, 11) is 0. The van der Waals surface area contributed by atoms with Crippen LogP contribution < -0.4 is 5.32 Å². The second kappa shape index (κ2) is 6.30. The van der Waals surface area contributed by atoms with Crippen LogP contribution in [0.4, 0.5) is 5.00 Å². The van der Waals surface area contributed by atoms with E-state index in [0.717, 1.165) is 29.7 Å². The molecule has 1 aliphatic heterocycles. The maximum atomic E-state index is 13.3. The Morgan fingerprint density at radius 2 is 1.89 bits per heavy atom. The number of rotatable bonds is 4. The number of hydrogen-bond acceptors (Lipinski definition) is 5. The molecular weight excluding hydrogens is 374 g/mol. The first-order chi connectivity index (χ1) is 13.0. The van der Waals surface area contributed by atoms with Gasteiger partial charge in [0.1, 0.15) is 10.6 Å². The van der Waals surface area contributed by atoms with E-state index in [9.17, 15) is 9.59 Å². The van der Waals surface area contributed by atoms with Crippen LogP contribution in [0.2, 0.25) is 0 Å². The lowest BCUT2D eigenvalue weighted by Gasteiger charge is -2.32. The van der Waals surface area contributed by atoms with E-state index in [1.165, 1.54) is 17.8 Å². The summed E-state index contributed by atoms with van der Waals surface area (Å²) < 4.78 is 11.6. The van der Waals surface area contributed by atoms with E-state index >= 15 is 0 Å². The minimum absolute atomic E-state index is 0.0432. The lowest BCUT2D eigenvalue weighted by molar-refractivity contribution is -0.127. The standard InChI is InChI=1S/C22H31NO4S/c1-7-26-18(24)14-15-16(21(4,5)27-20(15,2)3)28-17(14)23-19(25)22(6)11-12-8-9-13(22)10-12/h12-13H,7-11H2,1-6H3,(H,23,25)/t12-,13-,22+/m1/s1. The average Bonchev–Trinajstić information content (AvgIpc) is 3.29. The van der Waals surface area contributed by atoms with Gasteiger partial charge in [-0.3, -0.25) is 4.79 Å². The average molecular weight is 406 g/mol. The van der Waals surface area contributed by atoms with E-state index in [2.05, 4.69) is 12.2 Å². The summed E-state index contributed by atoms with van der Waals surface area (Å²) in [5, 5.41) is 3.76. The monoisotopic (exact) mass is 405 g/mol. The number of thiophene rings is 1. The largest absolute Gasteiger partial charge is 0.462 e. The van der Waals surface area contributed by atoms with Gasteiger partial charge in [-0.25, -0.2) is 4.79 Å². The van der Waals surface area contributed by atoms with Crippen molar-refractivity contribution in [3.05, 3.63) is 16.0 Å². The normalized spacial score (nSPS) is 31.6. The molecule has 2 heterocycles. The van der Waals surface area contributed by atoms with Crippen molar-refractivity contribution in [2.45, 2.75) is 78.4 Å². The van der Waals surface area contributed by atoms with Gasteiger partial charge in [0, 0.05) is 15.9 Å². The van der Waals surface area contributed by atoms with Crippen LogP contribution in [0, 0.1) is 17.3 Å². The van der Waals surface area contributed by atoms with Gasteiger partial charge < -0.3 is 14.8 Å². The van der Waals surface area contributed by atoms with E-state index in [1.54, 1.807) is 6.92 Å². The lowest BCUT2D eigenvalue weighted by Crippen LogP contribution is -2.38. The smallest absolute Gasteiger partial charge is 0.341 e. The number of anilines is 1. The number of ether oxygens (including phenoxy) is 2. The van der Waals surface area contributed by atoms with E-state index in [-0.39, 0.29) is 17.3 Å². The highest BCUT2D eigenvalue weighted by molar-refractivity contribution is 7.17. The minimum Gasteiger partial charge on any atom is -0.462 e. The van der Waals surface area contributed by atoms with Gasteiger partial charge >= 0.3 is 5.97 Å². The van der Waals surface area contributed by atoms with Crippen LogP contribution in [0.15, 0.2) is 0 Å². The molecule has 1 aromatic rings. The second-order valence-corrected chi connectivity index (χ2v) is 10.8. The Balaban J connectivity index is 1.73. The molecule has 0 unspecified atom stereocenters. The third-order valence-electron chi connectivity index (χ3n) is 6.95. The molecule has 1 N–H and O–H groups in total. The van der Waals surface area contributed by atoms with Crippen LogP contribution >= 0.6 is 11.3 Å². The van der Waals surface area contributed by atoms with Crippen molar-refractivity contribution in [1.82, 2.24) is 0 Å². The predicted octanol–water partition coefficient (Wildman–Crippen LogP) is 5.19. The van der Waals surface area contributed by atoms with Crippen molar-refractivity contribution in [2.75, 3.05) is 11.9 Å². The summed E-state index contributed by atoms with van der Waals surface area (Å²) in [5.41, 5.74) is -0.141. The zero-order chi connectivity index (χ0) is 20.5. The van der Waals surface area contributed by atoms with Gasteiger partial charge in [0.25, 0.3) is 0 Å². The SMILES string of the molecule is CCOC(=O)c1c(NC(=O)[C@@]2(C)C[C@@H]3CC[C@@H]2C3)sc2c1C(C)(C)OC2(C)C. The molecule has 2 aliphatic carbocycles. The summed E-state index contributed by atoms with van der Waals surface area (Å²) in [6.07, 6.45) is 4.48. The molecule has 0 saturated heterocycles. The topological polar surface area (TPSA) is 64.6 Å². The molecule has 2 saturated carbocycles. The van der Waals surface area contributed by atoms with E-state index in [0.29, 0.717) is 29.0 Å². The molecule has 0 aromatic carbocycles. The molecular formula is C22H31NO4S. The van der Waals surface area contributed by atoms with Crippen LogP contribution in [-0.4, -0.2) is 18.5 Å². The zero-order valence-electron chi connectivity index (χ0n) is 17.7. The van der Waals surface area contributed by atoms with E-state index in [4.69, 9.17) is 9.47 Å². The molecule has 3 aliphatic rings. The fourth-order valence-electron chi connectivity index (χ4n) is 5.78. The maximum absolute atomic E-state index is 13.3. The Morgan fingerprint density at radius 1 is 1.18 bits per heavy atom. The zero-order valence-corrected chi connectivity index (χ0v) is 18.5. The Labute approximate surface area is 171 Å². The summed E-state index contributed by atoms with van der Waals surface area (Å²) in [4.78, 5) is 27.2. The first-order valence-corrected chi connectivity index (χ1v) is 11.2. The van der Waals surface area contributed by atoms with Gasteiger partial charge in [-0.05, 0) is 65.7 Å². The number of amides is 1. The number of esters is 1. The summed E-state index contributed by atoms with van der Waals surface area (Å²) in [5.74, 6) is 0.779. The molecule has 6 heteroatoms. The van der Waals surface area contributed by atoms with Crippen molar-refractivity contribution in [1.29, 1.82) is 0 Å². The number of carbonyl (C=O) groups excluding carboxylic acids is 2. The van der Waals surface area contributed by atoms with Crippen molar-refractivity contribution >= 4 is 28.2 Å². The highest BCUT2D eigenvalue weighted by Crippen LogP contribution is 2.57. The fraction of sp³-hybridized carbons (Fsp3) is 0.727. The van der Waals surface area contributed by atoms with Gasteiger partial charge in [0.05, 0.1) is 17.8 Å². The highest BCUT2D eigenvalue weighted by Gasteiger charge is 2.53. The van der Waals surface area contributed by atoms with Crippen LogP contribution in [0.25, 0.3) is 0 Å². The van der Waals surface area contributed by atoms with Crippen LogP contribution in [0.5, 0.6) is 0 Å². The Bertz CT molecular complexity index is 840. The molecule has 0 radical (unpaired) electrons. The molecule has 154 valence electrons. The van der Waals surface area contributed by atoms with Gasteiger partial charge in [0.2, 0.25) is 5.91 Å². The van der Waals surface area contributed by atoms with Gasteiger partial charge in [-0.1, -0.05) is 13.3 Å². The van der Waals surface area contributed by atoms with Gasteiger partial charge in [-0.2, -0.15) is 0 Å². The number of nitrogens with one attached hydrogen (secondary N) is 1. The Hall–Kier alpha value is -1.40. The Kier molecular flexibility index (Phi) is 4.47. The quantitative estimate of drug-likeness (QED) is 0.700. The lowest BCUT2D eigenvalue weighted by atomic mass is 9.74. The highest BCUT2D eigenvalue weighted by atomic mass is 32.1. The molecule has 4 rings (SSSR count). The van der Waals surface area contributed by atoms with Crippen LogP contribution in [-0.2, 0) is 25.5 Å². The molecule has 1 amide bonds. The van der Waals surface area contributed by atoms with Crippen LogP contribution in [0.3, 0.4) is 0 Å².